The summed E-state index contributed by atoms with van der Waals surface area (Å²) in [5, 5.41) is 0. The van der Waals surface area contributed by atoms with E-state index in [9.17, 15) is 0 Å². The van der Waals surface area contributed by atoms with Crippen LogP contribution >= 0.6 is 0 Å². The first kappa shape index (κ1) is 4.10. The van der Waals surface area contributed by atoms with E-state index in [4.69, 9.17) is 5.48 Å². The first-order chi connectivity index (χ1) is 5.91. The third kappa shape index (κ3) is 1.98. The zero-order chi connectivity index (χ0) is 11.4. The number of piperidine rings is 1. The van der Waals surface area contributed by atoms with E-state index in [2.05, 4.69) is 0 Å². The van der Waals surface area contributed by atoms with Gasteiger partial charge in [-0.2, -0.15) is 0 Å². The number of rotatable bonds is 0. The van der Waals surface area contributed by atoms with Crippen LogP contribution in [0.4, 0.5) is 0 Å². The molecule has 0 saturated carbocycles. The molecule has 1 rings (SSSR count). The van der Waals surface area contributed by atoms with Gasteiger partial charge in [0.15, 0.2) is 0 Å². The lowest BCUT2D eigenvalue weighted by Gasteiger charge is -2.40. The molecule has 1 aliphatic rings. The fraction of sp³-hybridized carbons (Fsp3) is 1.00. The second-order valence-electron chi connectivity index (χ2n) is 4.29. The molecule has 1 aliphatic heterocycles. The molecule has 0 aliphatic carbocycles. The van der Waals surface area contributed by atoms with Crippen molar-refractivity contribution in [2.75, 3.05) is 27.1 Å². The summed E-state index contributed by atoms with van der Waals surface area (Å²) in [6.07, 6.45) is 0.818. The van der Waals surface area contributed by atoms with E-state index in [1.54, 1.807) is 14.1 Å². The molecule has 0 bridgehead atoms. The van der Waals surface area contributed by atoms with Crippen molar-refractivity contribution in [3.8, 4) is 0 Å². The topological polar surface area (TPSA) is 0 Å². The molecule has 60 valence electrons. The Bertz CT molecular complexity index is 223. The summed E-state index contributed by atoms with van der Waals surface area (Å²) >= 11 is 0. The van der Waals surface area contributed by atoms with Crippen LogP contribution in [-0.2, 0) is 0 Å². The van der Waals surface area contributed by atoms with Crippen molar-refractivity contribution in [1.82, 2.24) is 0 Å². The van der Waals surface area contributed by atoms with Gasteiger partial charge in [-0.05, 0) is 5.41 Å². The van der Waals surface area contributed by atoms with E-state index in [-0.39, 0.29) is 9.90 Å². The molecule has 1 heterocycles. The van der Waals surface area contributed by atoms with Gasteiger partial charge in [0.2, 0.25) is 0 Å². The molecule has 0 spiro atoms. The summed E-state index contributed by atoms with van der Waals surface area (Å²) < 4.78 is 31.6. The van der Waals surface area contributed by atoms with E-state index in [1.165, 1.54) is 0 Å². The summed E-state index contributed by atoms with van der Waals surface area (Å²) in [6.45, 7) is 0.875. The maximum Gasteiger partial charge on any atom is 0.0924 e. The minimum Gasteiger partial charge on any atom is -0.328 e. The number of hydrogen-bond donors (Lipinski definition) is 0. The SMILES string of the molecule is [2H]C1([2H])CC(C)(C)CC([2H])([2H])[N+]1(C)C. The fourth-order valence-corrected chi connectivity index (χ4v) is 0.942. The summed E-state index contributed by atoms with van der Waals surface area (Å²) in [6, 6.07) is 0. The zero-order valence-electron chi connectivity index (χ0n) is 11.4. The Morgan fingerprint density at radius 1 is 1.20 bits per heavy atom. The van der Waals surface area contributed by atoms with Gasteiger partial charge in [-0.3, -0.25) is 0 Å². The first-order valence-electron chi connectivity index (χ1n) is 5.76. The van der Waals surface area contributed by atoms with Gasteiger partial charge in [0.1, 0.15) is 0 Å². The molecule has 0 aromatic rings. The van der Waals surface area contributed by atoms with Crippen molar-refractivity contribution in [2.24, 2.45) is 5.41 Å². The Morgan fingerprint density at radius 3 is 2.00 bits per heavy atom. The molecular weight excluding hydrogens is 122 g/mol. The molecule has 0 radical (unpaired) electrons. The van der Waals surface area contributed by atoms with E-state index >= 15 is 0 Å². The Kier molecular flexibility index (Phi) is 0.914. The van der Waals surface area contributed by atoms with Gasteiger partial charge in [0.05, 0.1) is 32.6 Å². The molecule has 10 heavy (non-hydrogen) atoms. The molecule has 0 unspecified atom stereocenters. The number of hydrogen-bond acceptors (Lipinski definition) is 0. The van der Waals surface area contributed by atoms with Gasteiger partial charge in [-0.1, -0.05) is 13.8 Å². The third-order valence-corrected chi connectivity index (χ3v) is 1.91. The van der Waals surface area contributed by atoms with Crippen LogP contribution in [0.15, 0.2) is 0 Å². The zero-order valence-corrected chi connectivity index (χ0v) is 7.36. The first-order valence-corrected chi connectivity index (χ1v) is 3.76. The van der Waals surface area contributed by atoms with Crippen LogP contribution in [-0.4, -0.2) is 31.6 Å². The quantitative estimate of drug-likeness (QED) is 0.458. The maximum absolute atomic E-state index is 7.94. The van der Waals surface area contributed by atoms with Crippen molar-refractivity contribution >= 4 is 0 Å². The molecule has 0 aromatic heterocycles. The smallest absolute Gasteiger partial charge is 0.0924 e. The second-order valence-corrected chi connectivity index (χ2v) is 4.29. The van der Waals surface area contributed by atoms with Crippen molar-refractivity contribution in [3.05, 3.63) is 0 Å². The molecule has 1 saturated heterocycles. The Balaban J connectivity index is 3.13. The standard InChI is InChI=1S/C9H20N/c1-9(2)5-7-10(3,4)8-6-9/h5-8H2,1-4H3/q+1/i7D2,8D2. The normalized spacial score (nSPS) is 46.0. The predicted molar refractivity (Wildman–Crippen MR) is 44.9 cm³/mol. The molecule has 1 heteroatoms. The van der Waals surface area contributed by atoms with Gasteiger partial charge < -0.3 is 4.48 Å². The highest BCUT2D eigenvalue weighted by atomic mass is 15.3. The summed E-state index contributed by atoms with van der Waals surface area (Å²) in [4.78, 5) is 0. The lowest BCUT2D eigenvalue weighted by molar-refractivity contribution is -0.897. The number of quaternary nitrogens is 1. The van der Waals surface area contributed by atoms with E-state index < -0.39 is 13.0 Å². The summed E-state index contributed by atoms with van der Waals surface area (Å²) in [5.74, 6) is 0. The molecule has 1 nitrogen and oxygen atoms in total. The Morgan fingerprint density at radius 2 is 1.60 bits per heavy atom. The largest absolute Gasteiger partial charge is 0.328 e. The van der Waals surface area contributed by atoms with Crippen LogP contribution in [0.5, 0.6) is 0 Å². The van der Waals surface area contributed by atoms with Gasteiger partial charge in [-0.15, -0.1) is 0 Å². The number of nitrogens with zero attached hydrogens (tertiary/aromatic N) is 1. The van der Waals surface area contributed by atoms with Gasteiger partial charge in [0.25, 0.3) is 0 Å². The van der Waals surface area contributed by atoms with Crippen LogP contribution in [0.25, 0.3) is 0 Å². The molecule has 1 fully saturated rings. The van der Waals surface area contributed by atoms with Crippen LogP contribution in [0.2, 0.25) is 0 Å². The highest BCUT2D eigenvalue weighted by Crippen LogP contribution is 2.31. The minimum atomic E-state index is -1.49. The molecule has 0 aromatic carbocycles. The average molecular weight is 146 g/mol. The van der Waals surface area contributed by atoms with Crippen LogP contribution in [0.3, 0.4) is 0 Å². The highest BCUT2D eigenvalue weighted by Gasteiger charge is 2.30. The van der Waals surface area contributed by atoms with E-state index in [1.807, 2.05) is 13.8 Å². The summed E-state index contributed by atoms with van der Waals surface area (Å²) in [5.41, 5.74) is -0.263. The highest BCUT2D eigenvalue weighted by molar-refractivity contribution is 4.71. The van der Waals surface area contributed by atoms with Crippen molar-refractivity contribution < 1.29 is 9.97 Å². The molecule has 0 atom stereocenters. The van der Waals surface area contributed by atoms with Gasteiger partial charge in [0, 0.05) is 12.8 Å². The maximum atomic E-state index is 7.94. The van der Waals surface area contributed by atoms with Crippen molar-refractivity contribution in [1.29, 1.82) is 0 Å². The Hall–Kier alpha value is -0.0400. The van der Waals surface area contributed by atoms with Crippen molar-refractivity contribution in [2.45, 2.75) is 26.7 Å². The average Bonchev–Trinajstić information content (AvgIpc) is 1.77. The van der Waals surface area contributed by atoms with E-state index in [0.717, 1.165) is 0 Å². The number of likely N-dealkylation sites (tertiary alicyclic amines) is 1. The third-order valence-electron chi connectivity index (χ3n) is 1.91. The monoisotopic (exact) mass is 146 g/mol. The van der Waals surface area contributed by atoms with E-state index in [0.29, 0.717) is 12.8 Å². The van der Waals surface area contributed by atoms with Crippen molar-refractivity contribution in [3.63, 3.8) is 0 Å². The Labute approximate surface area is 70.2 Å². The lowest BCUT2D eigenvalue weighted by atomic mass is 9.82. The molecular formula is C9H20N+. The fourth-order valence-electron chi connectivity index (χ4n) is 0.942. The molecule has 0 N–H and O–H groups in total. The lowest BCUT2D eigenvalue weighted by Crippen LogP contribution is -2.48. The minimum absolute atomic E-state index is 0.205. The van der Waals surface area contributed by atoms with Gasteiger partial charge >= 0.3 is 0 Å². The van der Waals surface area contributed by atoms with Crippen LogP contribution in [0, 0.1) is 5.41 Å². The summed E-state index contributed by atoms with van der Waals surface area (Å²) in [7, 11) is 3.27. The predicted octanol–water partition coefficient (Wildman–Crippen LogP) is 1.88. The molecule has 0 amide bonds. The van der Waals surface area contributed by atoms with Crippen LogP contribution in [0.1, 0.15) is 32.2 Å². The van der Waals surface area contributed by atoms with Crippen LogP contribution < -0.4 is 0 Å². The van der Waals surface area contributed by atoms with Gasteiger partial charge in [-0.25, -0.2) is 0 Å². The second kappa shape index (κ2) is 2.23.